The Morgan fingerprint density at radius 3 is 2.70 bits per heavy atom. The van der Waals surface area contributed by atoms with Gasteiger partial charge in [-0.25, -0.2) is 24.7 Å². The van der Waals surface area contributed by atoms with Crippen LogP contribution in [-0.2, 0) is 9.59 Å². The van der Waals surface area contributed by atoms with Crippen LogP contribution in [0.3, 0.4) is 0 Å². The number of aliphatic carboxylic acids is 1. The van der Waals surface area contributed by atoms with Crippen molar-refractivity contribution in [1.29, 1.82) is 0 Å². The molecule has 2 aromatic heterocycles. The van der Waals surface area contributed by atoms with Gasteiger partial charge in [0.25, 0.3) is 11.1 Å². The SMILES string of the molecule is CN=C1N=CN=c2ccc(=Cc3sc(=O)[nH]c3O)cc21.O=C1NC(=O)C(=Cc2ccc3ncnc(N4CCCC4C(=O)O)c3c2)S1. The number of aromatic hydroxyl groups is 1. The second-order valence-corrected chi connectivity index (χ2v) is 12.1. The van der Waals surface area contributed by atoms with E-state index in [2.05, 4.69) is 35.2 Å². The van der Waals surface area contributed by atoms with E-state index < -0.39 is 23.2 Å². The summed E-state index contributed by atoms with van der Waals surface area (Å²) in [7, 11) is 1.67. The lowest BCUT2D eigenvalue weighted by Gasteiger charge is -2.23. The second-order valence-electron chi connectivity index (χ2n) is 10.1. The number of fused-ring (bicyclic) bond motifs is 2. The third-order valence-corrected chi connectivity index (χ3v) is 8.82. The van der Waals surface area contributed by atoms with Gasteiger partial charge in [-0.3, -0.25) is 29.7 Å². The van der Waals surface area contributed by atoms with E-state index in [0.29, 0.717) is 50.9 Å². The lowest BCUT2D eigenvalue weighted by atomic mass is 10.1. The summed E-state index contributed by atoms with van der Waals surface area (Å²) in [6.07, 6.45) is 7.60. The van der Waals surface area contributed by atoms with Crippen molar-refractivity contribution < 1.29 is 24.6 Å². The molecule has 5 heterocycles. The molecule has 3 aliphatic heterocycles. The number of amidine groups is 1. The van der Waals surface area contributed by atoms with E-state index in [4.69, 9.17) is 0 Å². The summed E-state index contributed by atoms with van der Waals surface area (Å²) in [6, 6.07) is 10.4. The number of imide groups is 1. The third kappa shape index (κ3) is 6.33. The van der Waals surface area contributed by atoms with Crippen LogP contribution in [0.2, 0.25) is 0 Å². The number of thioether (sulfide) groups is 1. The highest BCUT2D eigenvalue weighted by Gasteiger charge is 2.32. The first-order valence-corrected chi connectivity index (χ1v) is 15.4. The van der Waals surface area contributed by atoms with Crippen LogP contribution in [0.25, 0.3) is 23.1 Å². The molecule has 2 aromatic carbocycles. The van der Waals surface area contributed by atoms with E-state index >= 15 is 0 Å². The van der Waals surface area contributed by atoms with Gasteiger partial charge in [0.15, 0.2) is 5.84 Å². The average Bonchev–Trinajstić information content (AvgIpc) is 3.74. The van der Waals surface area contributed by atoms with E-state index in [0.717, 1.165) is 45.7 Å². The van der Waals surface area contributed by atoms with Gasteiger partial charge < -0.3 is 15.1 Å². The second kappa shape index (κ2) is 12.9. The number of thiazole rings is 1. The van der Waals surface area contributed by atoms with Crippen LogP contribution < -0.4 is 25.7 Å². The number of carboxylic acid groups (broad SMARTS) is 1. The molecule has 0 bridgehead atoms. The number of anilines is 1. The van der Waals surface area contributed by atoms with Gasteiger partial charge in [0, 0.05) is 24.5 Å². The fourth-order valence-electron chi connectivity index (χ4n) is 5.14. The number of hydrogen-bond acceptors (Lipinski definition) is 12. The van der Waals surface area contributed by atoms with Gasteiger partial charge in [0.2, 0.25) is 5.88 Å². The zero-order valence-corrected chi connectivity index (χ0v) is 25.6. The maximum Gasteiger partial charge on any atom is 0.326 e. The molecule has 0 aliphatic carbocycles. The minimum Gasteiger partial charge on any atom is -0.493 e. The summed E-state index contributed by atoms with van der Waals surface area (Å²) in [6.45, 7) is 0.612. The Kier molecular flexibility index (Phi) is 8.54. The van der Waals surface area contributed by atoms with Crippen LogP contribution in [0.1, 0.15) is 28.8 Å². The van der Waals surface area contributed by atoms with Gasteiger partial charge in [-0.15, -0.1) is 0 Å². The van der Waals surface area contributed by atoms with E-state index in [9.17, 15) is 29.4 Å². The Hall–Kier alpha value is -5.48. The molecule has 0 radical (unpaired) electrons. The smallest absolute Gasteiger partial charge is 0.326 e. The van der Waals surface area contributed by atoms with E-state index in [1.807, 2.05) is 24.3 Å². The minimum absolute atomic E-state index is 0.121. The first-order valence-electron chi connectivity index (χ1n) is 13.8. The Morgan fingerprint density at radius 1 is 1.13 bits per heavy atom. The zero-order chi connectivity index (χ0) is 32.4. The van der Waals surface area contributed by atoms with Crippen LogP contribution in [-0.4, -0.2) is 74.1 Å². The molecule has 0 saturated carbocycles. The number of hydrogen-bond donors (Lipinski definition) is 4. The van der Waals surface area contributed by atoms with Crippen molar-refractivity contribution in [3.05, 3.63) is 83.9 Å². The van der Waals surface area contributed by atoms with Crippen LogP contribution in [0, 0.1) is 0 Å². The molecule has 1 atom stereocenters. The van der Waals surface area contributed by atoms with Crippen LogP contribution in [0.4, 0.5) is 10.6 Å². The predicted molar refractivity (Wildman–Crippen MR) is 175 cm³/mol. The van der Waals surface area contributed by atoms with Crippen molar-refractivity contribution in [3.63, 3.8) is 0 Å². The molecule has 46 heavy (non-hydrogen) atoms. The molecule has 14 nitrogen and oxygen atoms in total. The Bertz CT molecular complexity index is 2190. The number of aromatic amines is 1. The van der Waals surface area contributed by atoms with Gasteiger partial charge in [-0.05, 0) is 71.8 Å². The topological polar surface area (TPSA) is 203 Å². The largest absolute Gasteiger partial charge is 0.493 e. The number of carbonyl (C=O) groups excluding carboxylic acids is 2. The number of benzene rings is 2. The summed E-state index contributed by atoms with van der Waals surface area (Å²) in [5, 5.41) is 23.2. The van der Waals surface area contributed by atoms with Crippen molar-refractivity contribution in [2.24, 2.45) is 15.0 Å². The summed E-state index contributed by atoms with van der Waals surface area (Å²) < 4.78 is 0. The molecule has 3 aliphatic rings. The Balaban J connectivity index is 0.000000167. The van der Waals surface area contributed by atoms with Gasteiger partial charge >= 0.3 is 10.8 Å². The molecule has 232 valence electrons. The molecule has 2 amide bonds. The number of nitrogens with one attached hydrogen (secondary N) is 2. The highest BCUT2D eigenvalue weighted by molar-refractivity contribution is 8.18. The molecule has 7 rings (SSSR count). The maximum absolute atomic E-state index is 11.7. The minimum atomic E-state index is -0.870. The number of aliphatic imine (C=N–C) groups is 2. The van der Waals surface area contributed by atoms with E-state index in [1.165, 1.54) is 12.7 Å². The first-order chi connectivity index (χ1) is 22.2. The number of amides is 2. The highest BCUT2D eigenvalue weighted by atomic mass is 32.2. The predicted octanol–water partition coefficient (Wildman–Crippen LogP) is 2.02. The monoisotopic (exact) mass is 656 g/mol. The number of aromatic nitrogens is 3. The molecule has 4 aromatic rings. The average molecular weight is 657 g/mol. The van der Waals surface area contributed by atoms with Crippen molar-refractivity contribution in [1.82, 2.24) is 20.3 Å². The standard InChI is InChI=1S/C17H14N4O4S.C13H10N4O2S/c22-15-13(26-17(25)20-15)7-9-3-4-11-10(6-9)14(19-8-18-11)21-5-1-2-12(21)16(23)24;1-14-11-8-4-7(2-3-9(8)15-6-16-11)5-10-12(18)17-13(19)20-10/h3-4,6-8,12H,1-2,5H2,(H,23,24)(H,20,22,25);2-6,18H,1H3,(H,17,19). The van der Waals surface area contributed by atoms with Crippen molar-refractivity contribution in [2.75, 3.05) is 18.5 Å². The molecule has 4 N–H and O–H groups in total. The number of nitrogens with zero attached hydrogens (tertiary/aromatic N) is 6. The Labute approximate surface area is 267 Å². The number of carbonyl (C=O) groups is 3. The quantitative estimate of drug-likeness (QED) is 0.235. The molecule has 2 fully saturated rings. The summed E-state index contributed by atoms with van der Waals surface area (Å²) in [5.41, 5.74) is 2.23. The molecule has 2 saturated heterocycles. The lowest BCUT2D eigenvalue weighted by Crippen LogP contribution is -2.36. The van der Waals surface area contributed by atoms with Crippen LogP contribution in [0.15, 0.2) is 67.4 Å². The molecular weight excluding hydrogens is 633 g/mol. The maximum atomic E-state index is 11.7. The van der Waals surface area contributed by atoms with Gasteiger partial charge in [0.05, 0.1) is 20.7 Å². The summed E-state index contributed by atoms with van der Waals surface area (Å²) >= 11 is 1.80. The van der Waals surface area contributed by atoms with Crippen LogP contribution >= 0.6 is 23.1 Å². The first kappa shape index (κ1) is 30.5. The van der Waals surface area contributed by atoms with Gasteiger partial charge in [0.1, 0.15) is 24.5 Å². The van der Waals surface area contributed by atoms with Crippen molar-refractivity contribution >= 4 is 81.3 Å². The van der Waals surface area contributed by atoms with Gasteiger partial charge in [-0.2, -0.15) is 0 Å². The summed E-state index contributed by atoms with van der Waals surface area (Å²) in [4.78, 5) is 71.3. The highest BCUT2D eigenvalue weighted by Crippen LogP contribution is 2.32. The third-order valence-electron chi connectivity index (χ3n) is 7.19. The summed E-state index contributed by atoms with van der Waals surface area (Å²) in [5.74, 6) is -0.235. The van der Waals surface area contributed by atoms with Crippen LogP contribution in [0.5, 0.6) is 5.88 Å². The lowest BCUT2D eigenvalue weighted by molar-refractivity contribution is -0.138. The zero-order valence-electron chi connectivity index (χ0n) is 24.0. The number of rotatable bonds is 4. The Morgan fingerprint density at radius 2 is 1.98 bits per heavy atom. The van der Waals surface area contributed by atoms with E-state index in [-0.39, 0.29) is 10.8 Å². The molecule has 1 unspecified atom stereocenters. The number of H-pyrrole nitrogens is 1. The number of carboxylic acids is 1. The van der Waals surface area contributed by atoms with Crippen molar-refractivity contribution in [2.45, 2.75) is 18.9 Å². The van der Waals surface area contributed by atoms with E-state index in [1.54, 1.807) is 36.2 Å². The van der Waals surface area contributed by atoms with Gasteiger partial charge in [-0.1, -0.05) is 23.5 Å². The van der Waals surface area contributed by atoms with Crippen molar-refractivity contribution in [3.8, 4) is 5.88 Å². The fraction of sp³-hybridized carbons (Fsp3) is 0.167. The fourth-order valence-corrected chi connectivity index (χ4v) is 6.51. The molecular formula is C30H24N8O6S2. The molecule has 0 spiro atoms. The normalized spacial score (nSPS) is 19.3. The molecule has 16 heteroatoms.